The van der Waals surface area contributed by atoms with E-state index >= 15 is 0 Å². The molecule has 1 nitrogen and oxygen atoms in total. The van der Waals surface area contributed by atoms with Crippen LogP contribution in [0.25, 0.3) is 0 Å². The Morgan fingerprint density at radius 1 is 1.11 bits per heavy atom. The maximum Gasteiger partial charge on any atom is 0.0543 e. The highest BCUT2D eigenvalue weighted by molar-refractivity contribution is 4.73. The van der Waals surface area contributed by atoms with Gasteiger partial charge < -0.3 is 5.11 Å². The summed E-state index contributed by atoms with van der Waals surface area (Å²) in [5.74, 6) is 1.56. The molecule has 1 saturated carbocycles. The first-order valence-electron chi connectivity index (χ1n) is 3.88. The highest BCUT2D eigenvalue weighted by Crippen LogP contribution is 2.28. The summed E-state index contributed by atoms with van der Waals surface area (Å²) in [6, 6.07) is 0. The number of aliphatic hydroxyl groups excluding tert-OH is 1. The molecule has 9 heavy (non-hydrogen) atoms. The van der Waals surface area contributed by atoms with Gasteiger partial charge in [0.2, 0.25) is 0 Å². The molecule has 0 spiro atoms. The standard InChI is InChI=1S/C8H16O/c1-6-3-4-8(9)5-7(6)2/h6-9H,3-5H2,1-2H3/t6-,7+,8-/m1/s1. The Balaban J connectivity index is 2.35. The average molecular weight is 128 g/mol. The molecule has 1 heteroatoms. The van der Waals surface area contributed by atoms with Crippen molar-refractivity contribution in [3.05, 3.63) is 0 Å². The van der Waals surface area contributed by atoms with Crippen LogP contribution >= 0.6 is 0 Å². The van der Waals surface area contributed by atoms with E-state index in [1.54, 1.807) is 0 Å². The number of hydrogen-bond donors (Lipinski definition) is 1. The Labute approximate surface area is 57.1 Å². The summed E-state index contributed by atoms with van der Waals surface area (Å²) in [5, 5.41) is 9.20. The van der Waals surface area contributed by atoms with Gasteiger partial charge in [-0.25, -0.2) is 0 Å². The zero-order valence-electron chi connectivity index (χ0n) is 6.30. The van der Waals surface area contributed by atoms with Crippen LogP contribution in [0.3, 0.4) is 0 Å². The third-order valence-electron chi connectivity index (χ3n) is 2.57. The van der Waals surface area contributed by atoms with E-state index in [1.807, 2.05) is 0 Å². The minimum absolute atomic E-state index is 0.00352. The summed E-state index contributed by atoms with van der Waals surface area (Å²) in [6.07, 6.45) is 3.24. The summed E-state index contributed by atoms with van der Waals surface area (Å²) in [5.41, 5.74) is 0. The van der Waals surface area contributed by atoms with Gasteiger partial charge in [0.25, 0.3) is 0 Å². The van der Waals surface area contributed by atoms with Crippen molar-refractivity contribution in [2.24, 2.45) is 11.8 Å². The first-order chi connectivity index (χ1) is 4.20. The fourth-order valence-corrected chi connectivity index (χ4v) is 1.52. The van der Waals surface area contributed by atoms with E-state index in [-0.39, 0.29) is 6.10 Å². The normalized spacial score (nSPS) is 45.0. The minimum atomic E-state index is -0.00352. The van der Waals surface area contributed by atoms with Crippen LogP contribution in [0.15, 0.2) is 0 Å². The van der Waals surface area contributed by atoms with E-state index in [0.29, 0.717) is 0 Å². The molecule has 1 rings (SSSR count). The molecule has 0 saturated heterocycles. The second-order valence-electron chi connectivity index (χ2n) is 3.42. The number of rotatable bonds is 0. The molecule has 0 aliphatic heterocycles. The fraction of sp³-hybridized carbons (Fsp3) is 1.00. The van der Waals surface area contributed by atoms with Gasteiger partial charge in [-0.1, -0.05) is 13.8 Å². The SMILES string of the molecule is C[C@@H]1CC[C@@H](O)C[C@@H]1C. The van der Waals surface area contributed by atoms with Crippen molar-refractivity contribution in [3.8, 4) is 0 Å². The smallest absolute Gasteiger partial charge is 0.0543 e. The molecule has 0 aromatic carbocycles. The third-order valence-corrected chi connectivity index (χ3v) is 2.57. The summed E-state index contributed by atoms with van der Waals surface area (Å²) in [4.78, 5) is 0. The summed E-state index contributed by atoms with van der Waals surface area (Å²) < 4.78 is 0. The molecule has 0 heterocycles. The van der Waals surface area contributed by atoms with Gasteiger partial charge in [0.15, 0.2) is 0 Å². The quantitative estimate of drug-likeness (QED) is 0.527. The minimum Gasteiger partial charge on any atom is -0.393 e. The van der Waals surface area contributed by atoms with E-state index in [9.17, 15) is 5.11 Å². The van der Waals surface area contributed by atoms with Crippen LogP contribution < -0.4 is 0 Å². The molecule has 0 amide bonds. The van der Waals surface area contributed by atoms with Crippen molar-refractivity contribution < 1.29 is 5.11 Å². The Morgan fingerprint density at radius 3 is 2.22 bits per heavy atom. The summed E-state index contributed by atoms with van der Waals surface area (Å²) in [6.45, 7) is 4.50. The molecule has 1 fully saturated rings. The molecular formula is C8H16O. The van der Waals surface area contributed by atoms with Crippen molar-refractivity contribution in [2.75, 3.05) is 0 Å². The molecule has 1 aliphatic rings. The van der Waals surface area contributed by atoms with Crippen molar-refractivity contribution in [1.29, 1.82) is 0 Å². The van der Waals surface area contributed by atoms with Crippen molar-refractivity contribution in [1.82, 2.24) is 0 Å². The van der Waals surface area contributed by atoms with Crippen LogP contribution in [0.4, 0.5) is 0 Å². The predicted molar refractivity (Wildman–Crippen MR) is 38.2 cm³/mol. The summed E-state index contributed by atoms with van der Waals surface area (Å²) >= 11 is 0. The van der Waals surface area contributed by atoms with Gasteiger partial charge in [0.05, 0.1) is 6.10 Å². The monoisotopic (exact) mass is 128 g/mol. The molecule has 0 aromatic heterocycles. The van der Waals surface area contributed by atoms with Gasteiger partial charge in [-0.3, -0.25) is 0 Å². The molecule has 0 bridgehead atoms. The second kappa shape index (κ2) is 2.70. The van der Waals surface area contributed by atoms with Gasteiger partial charge in [-0.05, 0) is 31.1 Å². The molecule has 1 aliphatic carbocycles. The van der Waals surface area contributed by atoms with Gasteiger partial charge in [-0.15, -0.1) is 0 Å². The summed E-state index contributed by atoms with van der Waals surface area (Å²) in [7, 11) is 0. The zero-order valence-corrected chi connectivity index (χ0v) is 6.30. The lowest BCUT2D eigenvalue weighted by molar-refractivity contribution is 0.0807. The molecule has 0 unspecified atom stereocenters. The van der Waals surface area contributed by atoms with Crippen LogP contribution in [-0.2, 0) is 0 Å². The van der Waals surface area contributed by atoms with Gasteiger partial charge >= 0.3 is 0 Å². The Kier molecular flexibility index (Phi) is 2.12. The lowest BCUT2D eigenvalue weighted by Crippen LogP contribution is -2.23. The molecular weight excluding hydrogens is 112 g/mol. The van der Waals surface area contributed by atoms with Crippen LogP contribution in [0, 0.1) is 11.8 Å². The first kappa shape index (κ1) is 7.07. The molecule has 3 atom stereocenters. The third kappa shape index (κ3) is 1.68. The van der Waals surface area contributed by atoms with Gasteiger partial charge in [-0.2, -0.15) is 0 Å². The molecule has 0 aromatic rings. The molecule has 0 radical (unpaired) electrons. The molecule has 1 N–H and O–H groups in total. The van der Waals surface area contributed by atoms with E-state index < -0.39 is 0 Å². The number of aliphatic hydroxyl groups is 1. The van der Waals surface area contributed by atoms with Crippen LogP contribution in [0.5, 0.6) is 0 Å². The Hall–Kier alpha value is -0.0400. The van der Waals surface area contributed by atoms with Gasteiger partial charge in [0.1, 0.15) is 0 Å². The fourth-order valence-electron chi connectivity index (χ4n) is 1.52. The van der Waals surface area contributed by atoms with Crippen molar-refractivity contribution >= 4 is 0 Å². The average Bonchev–Trinajstić information content (AvgIpc) is 1.80. The topological polar surface area (TPSA) is 20.2 Å². The van der Waals surface area contributed by atoms with E-state index in [1.165, 1.54) is 6.42 Å². The zero-order chi connectivity index (χ0) is 6.85. The van der Waals surface area contributed by atoms with E-state index in [2.05, 4.69) is 13.8 Å². The second-order valence-corrected chi connectivity index (χ2v) is 3.42. The lowest BCUT2D eigenvalue weighted by Gasteiger charge is -2.28. The van der Waals surface area contributed by atoms with Gasteiger partial charge in [0, 0.05) is 0 Å². The maximum absolute atomic E-state index is 9.20. The maximum atomic E-state index is 9.20. The van der Waals surface area contributed by atoms with Crippen LogP contribution in [-0.4, -0.2) is 11.2 Å². The van der Waals surface area contributed by atoms with Crippen LogP contribution in [0.2, 0.25) is 0 Å². The lowest BCUT2D eigenvalue weighted by atomic mass is 9.80. The van der Waals surface area contributed by atoms with E-state index in [4.69, 9.17) is 0 Å². The highest BCUT2D eigenvalue weighted by atomic mass is 16.3. The highest BCUT2D eigenvalue weighted by Gasteiger charge is 2.22. The first-order valence-corrected chi connectivity index (χ1v) is 3.88. The van der Waals surface area contributed by atoms with Crippen LogP contribution in [0.1, 0.15) is 33.1 Å². The Bertz CT molecular complexity index is 90.6. The van der Waals surface area contributed by atoms with Crippen molar-refractivity contribution in [2.45, 2.75) is 39.2 Å². The van der Waals surface area contributed by atoms with E-state index in [0.717, 1.165) is 24.7 Å². The molecule has 54 valence electrons. The largest absolute Gasteiger partial charge is 0.393 e. The Morgan fingerprint density at radius 2 is 1.78 bits per heavy atom. The number of hydrogen-bond acceptors (Lipinski definition) is 1. The predicted octanol–water partition coefficient (Wildman–Crippen LogP) is 1.80. The van der Waals surface area contributed by atoms with Crippen molar-refractivity contribution in [3.63, 3.8) is 0 Å².